The Morgan fingerprint density at radius 1 is 1.08 bits per heavy atom. The second kappa shape index (κ2) is 9.84. The van der Waals surface area contributed by atoms with Crippen molar-refractivity contribution in [3.63, 3.8) is 0 Å². The van der Waals surface area contributed by atoms with E-state index in [0.29, 0.717) is 23.6 Å². The van der Waals surface area contributed by atoms with E-state index in [9.17, 15) is 9.59 Å². The van der Waals surface area contributed by atoms with E-state index >= 15 is 0 Å². The van der Waals surface area contributed by atoms with E-state index in [0.717, 1.165) is 31.4 Å². The molecule has 0 bridgehead atoms. The lowest BCUT2D eigenvalue weighted by Crippen LogP contribution is -2.24. The first-order valence-electron chi connectivity index (χ1n) is 8.37. The average molecular weight is 364 g/mol. The van der Waals surface area contributed by atoms with Gasteiger partial charge in [-0.3, -0.25) is 9.59 Å². The van der Waals surface area contributed by atoms with Crippen molar-refractivity contribution in [1.29, 1.82) is 0 Å². The number of carboxylic acids is 1. The van der Waals surface area contributed by atoms with Crippen LogP contribution in [0.2, 0.25) is 5.02 Å². The minimum Gasteiger partial charge on any atom is -0.481 e. The number of carboxylic acid groups (broad SMARTS) is 1. The van der Waals surface area contributed by atoms with Crippen LogP contribution in [0.25, 0.3) is 5.69 Å². The third-order valence-electron chi connectivity index (χ3n) is 3.79. The third-order valence-corrected chi connectivity index (χ3v) is 4.04. The number of hydrogen-bond donors (Lipinski definition) is 2. The van der Waals surface area contributed by atoms with Gasteiger partial charge in [-0.25, -0.2) is 4.68 Å². The molecule has 1 amide bonds. The predicted molar refractivity (Wildman–Crippen MR) is 96.2 cm³/mol. The Morgan fingerprint density at radius 2 is 1.76 bits per heavy atom. The van der Waals surface area contributed by atoms with Crippen LogP contribution in [0.15, 0.2) is 36.7 Å². The zero-order valence-corrected chi connectivity index (χ0v) is 14.7. The van der Waals surface area contributed by atoms with Gasteiger partial charge in [0.05, 0.1) is 17.4 Å². The fourth-order valence-electron chi connectivity index (χ4n) is 2.41. The molecule has 0 saturated heterocycles. The van der Waals surface area contributed by atoms with E-state index in [4.69, 9.17) is 16.7 Å². The second-order valence-corrected chi connectivity index (χ2v) is 6.25. The van der Waals surface area contributed by atoms with Crippen LogP contribution >= 0.6 is 11.6 Å². The largest absolute Gasteiger partial charge is 0.481 e. The number of carbonyl (C=O) groups excluding carboxylic acids is 1. The van der Waals surface area contributed by atoms with Crippen LogP contribution in [-0.2, 0) is 4.79 Å². The Kier molecular flexibility index (Phi) is 7.47. The number of hydrogen-bond acceptors (Lipinski definition) is 3. The van der Waals surface area contributed by atoms with E-state index < -0.39 is 5.97 Å². The van der Waals surface area contributed by atoms with Crippen molar-refractivity contribution in [2.24, 2.45) is 0 Å². The molecule has 1 aromatic carbocycles. The minimum absolute atomic E-state index is 0.147. The standard InChI is InChI=1S/C18H22ClN3O3/c19-15-7-9-16(10-8-15)22-13-14(12-21-22)18(25)20-11-5-3-1-2-4-6-17(23)24/h7-10,12-13H,1-6,11H2,(H,20,25)(H,23,24). The van der Waals surface area contributed by atoms with Gasteiger partial charge in [0.1, 0.15) is 0 Å². The molecule has 2 aromatic rings. The molecule has 0 radical (unpaired) electrons. The number of aliphatic carboxylic acids is 1. The van der Waals surface area contributed by atoms with Crippen LogP contribution in [-0.4, -0.2) is 33.3 Å². The first kappa shape index (κ1) is 19.0. The quantitative estimate of drug-likeness (QED) is 0.630. The molecular formula is C18H22ClN3O3. The molecule has 0 aliphatic rings. The summed E-state index contributed by atoms with van der Waals surface area (Å²) in [5.74, 6) is -0.891. The van der Waals surface area contributed by atoms with Crippen molar-refractivity contribution in [3.05, 3.63) is 47.2 Å². The maximum atomic E-state index is 12.1. The first-order valence-corrected chi connectivity index (χ1v) is 8.74. The van der Waals surface area contributed by atoms with Crippen molar-refractivity contribution < 1.29 is 14.7 Å². The summed E-state index contributed by atoms with van der Waals surface area (Å²) in [7, 11) is 0. The number of benzene rings is 1. The van der Waals surface area contributed by atoms with Crippen molar-refractivity contribution in [1.82, 2.24) is 15.1 Å². The number of nitrogens with zero attached hydrogens (tertiary/aromatic N) is 2. The van der Waals surface area contributed by atoms with Crippen LogP contribution in [0, 0.1) is 0 Å². The zero-order valence-electron chi connectivity index (χ0n) is 13.9. The van der Waals surface area contributed by atoms with Crippen LogP contribution < -0.4 is 5.32 Å². The zero-order chi connectivity index (χ0) is 18.1. The molecule has 1 heterocycles. The number of carbonyl (C=O) groups is 2. The van der Waals surface area contributed by atoms with Gasteiger partial charge >= 0.3 is 5.97 Å². The molecule has 7 heteroatoms. The molecule has 6 nitrogen and oxygen atoms in total. The molecule has 0 unspecified atom stereocenters. The lowest BCUT2D eigenvalue weighted by molar-refractivity contribution is -0.137. The molecule has 0 aliphatic heterocycles. The fourth-order valence-corrected chi connectivity index (χ4v) is 2.54. The smallest absolute Gasteiger partial charge is 0.303 e. The highest BCUT2D eigenvalue weighted by Gasteiger charge is 2.08. The predicted octanol–water partition coefficient (Wildman–Crippen LogP) is 3.68. The Bertz CT molecular complexity index is 698. The van der Waals surface area contributed by atoms with Gasteiger partial charge in [0.2, 0.25) is 0 Å². The Labute approximate surface area is 151 Å². The normalized spacial score (nSPS) is 10.6. The van der Waals surface area contributed by atoms with Crippen LogP contribution in [0.1, 0.15) is 48.9 Å². The molecule has 25 heavy (non-hydrogen) atoms. The molecule has 2 N–H and O–H groups in total. The highest BCUT2D eigenvalue weighted by Crippen LogP contribution is 2.13. The fraction of sp³-hybridized carbons (Fsp3) is 0.389. The Balaban J connectivity index is 1.68. The van der Waals surface area contributed by atoms with Gasteiger partial charge in [0, 0.05) is 24.2 Å². The maximum Gasteiger partial charge on any atom is 0.303 e. The summed E-state index contributed by atoms with van der Waals surface area (Å²) in [6.07, 6.45) is 7.92. The lowest BCUT2D eigenvalue weighted by atomic mass is 10.1. The molecule has 1 aromatic heterocycles. The molecule has 134 valence electrons. The van der Waals surface area contributed by atoms with Crippen molar-refractivity contribution in [2.45, 2.75) is 38.5 Å². The highest BCUT2D eigenvalue weighted by atomic mass is 35.5. The van der Waals surface area contributed by atoms with Gasteiger partial charge in [0.25, 0.3) is 5.91 Å². The summed E-state index contributed by atoms with van der Waals surface area (Å²) < 4.78 is 1.63. The van der Waals surface area contributed by atoms with Crippen LogP contribution in [0.5, 0.6) is 0 Å². The molecule has 0 atom stereocenters. The first-order chi connectivity index (χ1) is 12.1. The molecule has 0 saturated carbocycles. The van der Waals surface area contributed by atoms with Gasteiger partial charge in [-0.15, -0.1) is 0 Å². The monoisotopic (exact) mass is 363 g/mol. The van der Waals surface area contributed by atoms with Crippen LogP contribution in [0.3, 0.4) is 0 Å². The van der Waals surface area contributed by atoms with E-state index in [1.807, 2.05) is 12.1 Å². The van der Waals surface area contributed by atoms with Crippen molar-refractivity contribution in [2.75, 3.05) is 6.54 Å². The van der Waals surface area contributed by atoms with Gasteiger partial charge in [-0.05, 0) is 37.1 Å². The maximum absolute atomic E-state index is 12.1. The minimum atomic E-state index is -0.744. The van der Waals surface area contributed by atoms with Crippen molar-refractivity contribution in [3.8, 4) is 5.69 Å². The van der Waals surface area contributed by atoms with Gasteiger partial charge in [0.15, 0.2) is 0 Å². The summed E-state index contributed by atoms with van der Waals surface area (Å²) >= 11 is 5.86. The lowest BCUT2D eigenvalue weighted by Gasteiger charge is -2.04. The van der Waals surface area contributed by atoms with E-state index in [1.54, 1.807) is 23.0 Å². The highest BCUT2D eigenvalue weighted by molar-refractivity contribution is 6.30. The molecule has 0 aliphatic carbocycles. The third kappa shape index (κ3) is 6.58. The summed E-state index contributed by atoms with van der Waals surface area (Å²) in [5, 5.41) is 16.3. The van der Waals surface area contributed by atoms with E-state index in [-0.39, 0.29) is 12.3 Å². The second-order valence-electron chi connectivity index (χ2n) is 5.82. The number of amides is 1. The van der Waals surface area contributed by atoms with Crippen molar-refractivity contribution >= 4 is 23.5 Å². The molecule has 2 rings (SSSR count). The summed E-state index contributed by atoms with van der Waals surface area (Å²) in [4.78, 5) is 22.5. The number of aromatic nitrogens is 2. The summed E-state index contributed by atoms with van der Waals surface area (Å²) in [5.41, 5.74) is 1.35. The number of rotatable bonds is 10. The Hall–Kier alpha value is -2.34. The van der Waals surface area contributed by atoms with Gasteiger partial charge in [-0.1, -0.05) is 30.9 Å². The van der Waals surface area contributed by atoms with Gasteiger partial charge in [-0.2, -0.15) is 5.10 Å². The van der Waals surface area contributed by atoms with E-state index in [2.05, 4.69) is 10.4 Å². The molecular weight excluding hydrogens is 342 g/mol. The Morgan fingerprint density at radius 3 is 2.48 bits per heavy atom. The number of nitrogens with one attached hydrogen (secondary N) is 1. The SMILES string of the molecule is O=C(O)CCCCCCCNC(=O)c1cnn(-c2ccc(Cl)cc2)c1. The average Bonchev–Trinajstić information content (AvgIpc) is 3.07. The topological polar surface area (TPSA) is 84.2 Å². The van der Waals surface area contributed by atoms with Gasteiger partial charge < -0.3 is 10.4 Å². The summed E-state index contributed by atoms with van der Waals surface area (Å²) in [6, 6.07) is 7.21. The molecule has 0 spiro atoms. The van der Waals surface area contributed by atoms with Crippen LogP contribution in [0.4, 0.5) is 0 Å². The number of unbranched alkanes of at least 4 members (excludes halogenated alkanes) is 4. The van der Waals surface area contributed by atoms with E-state index in [1.165, 1.54) is 6.20 Å². The number of halogens is 1. The molecule has 0 fully saturated rings. The summed E-state index contributed by atoms with van der Waals surface area (Å²) in [6.45, 7) is 0.601.